The Labute approximate surface area is 91.4 Å². The zero-order chi connectivity index (χ0) is 11.3. The van der Waals surface area contributed by atoms with Gasteiger partial charge in [0.15, 0.2) is 0 Å². The van der Waals surface area contributed by atoms with E-state index < -0.39 is 0 Å². The predicted molar refractivity (Wildman–Crippen MR) is 58.5 cm³/mol. The molecule has 0 fully saturated rings. The third-order valence-electron chi connectivity index (χ3n) is 2.27. The van der Waals surface area contributed by atoms with Gasteiger partial charge in [0.1, 0.15) is 0 Å². The summed E-state index contributed by atoms with van der Waals surface area (Å²) >= 11 is 0. The molecule has 0 N–H and O–H groups in total. The number of rotatable bonds is 7. The van der Waals surface area contributed by atoms with E-state index in [9.17, 15) is 4.79 Å². The largest absolute Gasteiger partial charge is 0.465 e. The number of carbonyl (C=O) groups excluding carboxylic acids is 1. The van der Waals surface area contributed by atoms with Crippen LogP contribution in [0.5, 0.6) is 0 Å². The Morgan fingerprint density at radius 2 is 2.27 bits per heavy atom. The molecule has 0 saturated carbocycles. The molecule has 0 aromatic carbocycles. The fourth-order valence-electron chi connectivity index (χ4n) is 1.45. The summed E-state index contributed by atoms with van der Waals surface area (Å²) < 4.78 is 10.3. The van der Waals surface area contributed by atoms with E-state index in [1.165, 1.54) is 5.57 Å². The lowest BCUT2D eigenvalue weighted by Crippen LogP contribution is -2.08. The molecule has 0 saturated heterocycles. The first kappa shape index (κ1) is 12.2. The minimum atomic E-state index is -0.0997. The van der Waals surface area contributed by atoms with Gasteiger partial charge in [-0.2, -0.15) is 0 Å². The first-order valence-electron chi connectivity index (χ1n) is 5.64. The van der Waals surface area contributed by atoms with Crippen LogP contribution in [-0.2, 0) is 14.3 Å². The summed E-state index contributed by atoms with van der Waals surface area (Å²) in [6.07, 6.45) is 4.21. The molecule has 0 aromatic heterocycles. The summed E-state index contributed by atoms with van der Waals surface area (Å²) in [5.74, 6) is -0.124. The normalized spacial score (nSPS) is 18.9. The van der Waals surface area contributed by atoms with Crippen molar-refractivity contribution in [1.29, 1.82) is 0 Å². The minimum absolute atomic E-state index is 0.0241. The Balaban J connectivity index is 2.01. The Morgan fingerprint density at radius 1 is 1.53 bits per heavy atom. The van der Waals surface area contributed by atoms with Crippen LogP contribution in [0.25, 0.3) is 0 Å². The predicted octanol–water partition coefficient (Wildman–Crippen LogP) is 2.31. The molecule has 0 amide bonds. The van der Waals surface area contributed by atoms with Crippen LogP contribution >= 0.6 is 0 Å². The van der Waals surface area contributed by atoms with Crippen molar-refractivity contribution in [2.45, 2.75) is 39.7 Å². The maximum Gasteiger partial charge on any atom is 0.316 e. The van der Waals surface area contributed by atoms with Gasteiger partial charge in [-0.15, -0.1) is 0 Å². The third kappa shape index (κ3) is 4.47. The van der Waals surface area contributed by atoms with E-state index in [2.05, 4.69) is 0 Å². The van der Waals surface area contributed by atoms with Gasteiger partial charge in [-0.25, -0.2) is 0 Å². The van der Waals surface area contributed by atoms with E-state index in [0.717, 1.165) is 19.4 Å². The second kappa shape index (κ2) is 5.91. The van der Waals surface area contributed by atoms with Crippen molar-refractivity contribution in [1.82, 2.24) is 0 Å². The molecule has 0 radical (unpaired) electrons. The molecule has 1 rings (SSSR count). The van der Waals surface area contributed by atoms with Crippen molar-refractivity contribution in [3.05, 3.63) is 11.6 Å². The molecule has 86 valence electrons. The molecule has 0 heterocycles. The summed E-state index contributed by atoms with van der Waals surface area (Å²) in [5.41, 5.74) is 1.21. The fraction of sp³-hybridized carbons (Fsp3) is 0.750. The molecule has 0 aromatic rings. The topological polar surface area (TPSA) is 35.5 Å². The SMILES string of the molecule is CCOC(=O)[C@@H]1C=C1CCCOC(C)C. The number of hydrogen-bond donors (Lipinski definition) is 0. The van der Waals surface area contributed by atoms with Crippen molar-refractivity contribution < 1.29 is 14.3 Å². The minimum Gasteiger partial charge on any atom is -0.465 e. The number of ether oxygens (including phenoxy) is 2. The van der Waals surface area contributed by atoms with Gasteiger partial charge < -0.3 is 9.47 Å². The van der Waals surface area contributed by atoms with Crippen LogP contribution < -0.4 is 0 Å². The highest BCUT2D eigenvalue weighted by Gasteiger charge is 2.32. The zero-order valence-electron chi connectivity index (χ0n) is 9.79. The molecule has 0 aliphatic heterocycles. The summed E-state index contributed by atoms with van der Waals surface area (Å²) in [6, 6.07) is 0. The van der Waals surface area contributed by atoms with Gasteiger partial charge in [-0.1, -0.05) is 11.6 Å². The number of carbonyl (C=O) groups is 1. The summed E-state index contributed by atoms with van der Waals surface area (Å²) in [4.78, 5) is 11.3. The van der Waals surface area contributed by atoms with Crippen LogP contribution in [0.15, 0.2) is 11.6 Å². The highest BCUT2D eigenvalue weighted by atomic mass is 16.5. The smallest absolute Gasteiger partial charge is 0.316 e. The fourth-order valence-corrected chi connectivity index (χ4v) is 1.45. The van der Waals surface area contributed by atoms with Crippen molar-refractivity contribution in [3.8, 4) is 0 Å². The van der Waals surface area contributed by atoms with Crippen molar-refractivity contribution in [2.75, 3.05) is 13.2 Å². The highest BCUT2D eigenvalue weighted by molar-refractivity contribution is 5.83. The Kier molecular flexibility index (Phi) is 4.82. The molecule has 1 atom stereocenters. The second-order valence-electron chi connectivity index (χ2n) is 3.99. The van der Waals surface area contributed by atoms with Gasteiger partial charge in [0.05, 0.1) is 18.6 Å². The lowest BCUT2D eigenvalue weighted by atomic mass is 10.2. The maximum absolute atomic E-state index is 11.3. The van der Waals surface area contributed by atoms with Gasteiger partial charge in [0.2, 0.25) is 0 Å². The summed E-state index contributed by atoms with van der Waals surface area (Å²) in [7, 11) is 0. The second-order valence-corrected chi connectivity index (χ2v) is 3.99. The standard InChI is InChI=1S/C12H20O3/c1-4-14-12(13)11-8-10(11)6-5-7-15-9(2)3/h8-9,11H,4-7H2,1-3H3/t11-/m1/s1. The first-order valence-corrected chi connectivity index (χ1v) is 5.64. The lowest BCUT2D eigenvalue weighted by molar-refractivity contribution is -0.144. The molecule has 0 bridgehead atoms. The molecule has 3 nitrogen and oxygen atoms in total. The summed E-state index contributed by atoms with van der Waals surface area (Å²) in [6.45, 7) is 7.11. The molecule has 1 aliphatic carbocycles. The molecule has 15 heavy (non-hydrogen) atoms. The molecule has 0 spiro atoms. The molecule has 1 aliphatic rings. The van der Waals surface area contributed by atoms with Crippen molar-refractivity contribution in [3.63, 3.8) is 0 Å². The van der Waals surface area contributed by atoms with Crippen LogP contribution in [-0.4, -0.2) is 25.3 Å². The third-order valence-corrected chi connectivity index (χ3v) is 2.27. The van der Waals surface area contributed by atoms with Crippen molar-refractivity contribution in [2.24, 2.45) is 5.92 Å². The maximum atomic E-state index is 11.3. The quantitative estimate of drug-likeness (QED) is 0.369. The first-order chi connectivity index (χ1) is 7.15. The Bertz CT molecular complexity index is 243. The van der Waals surface area contributed by atoms with E-state index in [0.29, 0.717) is 12.7 Å². The van der Waals surface area contributed by atoms with Crippen molar-refractivity contribution >= 4 is 5.97 Å². The molecular formula is C12H20O3. The number of hydrogen-bond acceptors (Lipinski definition) is 3. The van der Waals surface area contributed by atoms with Gasteiger partial charge >= 0.3 is 5.97 Å². The highest BCUT2D eigenvalue weighted by Crippen LogP contribution is 2.33. The zero-order valence-corrected chi connectivity index (χ0v) is 9.79. The van der Waals surface area contributed by atoms with Crippen LogP contribution in [0.2, 0.25) is 0 Å². The molecule has 0 unspecified atom stereocenters. The van der Waals surface area contributed by atoms with Gasteiger partial charge in [-0.3, -0.25) is 4.79 Å². The van der Waals surface area contributed by atoms with E-state index in [1.54, 1.807) is 0 Å². The van der Waals surface area contributed by atoms with E-state index >= 15 is 0 Å². The molecule has 3 heteroatoms. The number of esters is 1. The Hall–Kier alpha value is -0.830. The Morgan fingerprint density at radius 3 is 2.87 bits per heavy atom. The van der Waals surface area contributed by atoms with Crippen LogP contribution in [0, 0.1) is 5.92 Å². The van der Waals surface area contributed by atoms with Gasteiger partial charge in [0.25, 0.3) is 0 Å². The van der Waals surface area contributed by atoms with E-state index in [1.807, 2.05) is 26.8 Å². The molecular weight excluding hydrogens is 192 g/mol. The van der Waals surface area contributed by atoms with E-state index in [4.69, 9.17) is 9.47 Å². The summed E-state index contributed by atoms with van der Waals surface area (Å²) in [5, 5.41) is 0. The monoisotopic (exact) mass is 212 g/mol. The van der Waals surface area contributed by atoms with Gasteiger partial charge in [-0.05, 0) is 33.6 Å². The van der Waals surface area contributed by atoms with Gasteiger partial charge in [0, 0.05) is 6.61 Å². The van der Waals surface area contributed by atoms with Crippen LogP contribution in [0.3, 0.4) is 0 Å². The average Bonchev–Trinajstić information content (AvgIpc) is 2.92. The van der Waals surface area contributed by atoms with Crippen LogP contribution in [0.1, 0.15) is 33.6 Å². The van der Waals surface area contributed by atoms with Crippen LogP contribution in [0.4, 0.5) is 0 Å². The van der Waals surface area contributed by atoms with E-state index in [-0.39, 0.29) is 11.9 Å². The lowest BCUT2D eigenvalue weighted by Gasteiger charge is -2.06. The average molecular weight is 212 g/mol.